The average molecular weight is 219 g/mol. The summed E-state index contributed by atoms with van der Waals surface area (Å²) in [5.74, 6) is -0.258. The summed E-state index contributed by atoms with van der Waals surface area (Å²) in [4.78, 5) is 0. The highest BCUT2D eigenvalue weighted by Crippen LogP contribution is 2.26. The Balaban J connectivity index is 2.88. The topological polar surface area (TPSA) is 35.2 Å². The molecule has 2 N–H and O–H groups in total. The van der Waals surface area contributed by atoms with E-state index in [-0.39, 0.29) is 11.4 Å². The smallest absolute Gasteiger partial charge is 0.406 e. The standard InChI is InChI=1S/C10H12F3NO/c1-2-3-7-4-8(14)6-9(5-7)15-10(11,12)13/h4-6H,2-3,14H2,1H3. The molecule has 0 radical (unpaired) electrons. The molecule has 5 heteroatoms. The minimum atomic E-state index is -4.67. The quantitative estimate of drug-likeness (QED) is 0.792. The Bertz CT molecular complexity index is 336. The summed E-state index contributed by atoms with van der Waals surface area (Å²) in [5.41, 5.74) is 6.49. The second-order valence-electron chi connectivity index (χ2n) is 3.21. The van der Waals surface area contributed by atoms with Crippen LogP contribution < -0.4 is 10.5 Å². The van der Waals surface area contributed by atoms with Crippen LogP contribution in [0, 0.1) is 0 Å². The van der Waals surface area contributed by atoms with Crippen molar-refractivity contribution < 1.29 is 17.9 Å². The number of hydrogen-bond donors (Lipinski definition) is 1. The van der Waals surface area contributed by atoms with E-state index in [4.69, 9.17) is 5.73 Å². The summed E-state index contributed by atoms with van der Waals surface area (Å²) in [6.07, 6.45) is -3.15. The van der Waals surface area contributed by atoms with Gasteiger partial charge in [0.15, 0.2) is 0 Å². The molecular weight excluding hydrogens is 207 g/mol. The van der Waals surface area contributed by atoms with Crippen molar-refractivity contribution >= 4 is 5.69 Å². The van der Waals surface area contributed by atoms with Crippen LogP contribution in [0.2, 0.25) is 0 Å². The fourth-order valence-corrected chi connectivity index (χ4v) is 1.31. The number of nitrogens with two attached hydrogens (primary N) is 1. The van der Waals surface area contributed by atoms with Gasteiger partial charge in [0, 0.05) is 11.8 Å². The second-order valence-corrected chi connectivity index (χ2v) is 3.21. The van der Waals surface area contributed by atoms with E-state index in [9.17, 15) is 13.2 Å². The largest absolute Gasteiger partial charge is 0.573 e. The normalized spacial score (nSPS) is 11.5. The van der Waals surface area contributed by atoms with Gasteiger partial charge in [0.2, 0.25) is 0 Å². The lowest BCUT2D eigenvalue weighted by Crippen LogP contribution is -2.17. The van der Waals surface area contributed by atoms with Crippen molar-refractivity contribution in [3.63, 3.8) is 0 Å². The minimum Gasteiger partial charge on any atom is -0.406 e. The molecule has 0 aromatic heterocycles. The molecule has 0 amide bonds. The molecule has 1 aromatic rings. The lowest BCUT2D eigenvalue weighted by atomic mass is 10.1. The fourth-order valence-electron chi connectivity index (χ4n) is 1.31. The van der Waals surface area contributed by atoms with E-state index < -0.39 is 6.36 Å². The van der Waals surface area contributed by atoms with Gasteiger partial charge < -0.3 is 10.5 Å². The van der Waals surface area contributed by atoms with E-state index in [1.807, 2.05) is 6.92 Å². The number of anilines is 1. The van der Waals surface area contributed by atoms with Crippen LogP contribution in [0.1, 0.15) is 18.9 Å². The molecule has 0 saturated carbocycles. The zero-order valence-electron chi connectivity index (χ0n) is 8.27. The number of nitrogen functional groups attached to an aromatic ring is 1. The third kappa shape index (κ3) is 4.10. The van der Waals surface area contributed by atoms with Crippen molar-refractivity contribution in [1.82, 2.24) is 0 Å². The number of halogens is 3. The van der Waals surface area contributed by atoms with E-state index in [1.165, 1.54) is 6.07 Å². The lowest BCUT2D eigenvalue weighted by Gasteiger charge is -2.10. The highest BCUT2D eigenvalue weighted by molar-refractivity contribution is 5.47. The first-order chi connectivity index (χ1) is 6.90. The summed E-state index contributed by atoms with van der Waals surface area (Å²) < 4.78 is 39.6. The van der Waals surface area contributed by atoms with Crippen molar-refractivity contribution in [2.75, 3.05) is 5.73 Å². The zero-order chi connectivity index (χ0) is 11.5. The molecule has 1 aromatic carbocycles. The summed E-state index contributed by atoms with van der Waals surface area (Å²) in [6, 6.07) is 4.16. The molecule has 0 unspecified atom stereocenters. The van der Waals surface area contributed by atoms with Gasteiger partial charge in [-0.05, 0) is 24.1 Å². The Morgan fingerprint density at radius 1 is 1.27 bits per heavy atom. The third-order valence-corrected chi connectivity index (χ3v) is 1.76. The summed E-state index contributed by atoms with van der Waals surface area (Å²) in [7, 11) is 0. The monoisotopic (exact) mass is 219 g/mol. The van der Waals surface area contributed by atoms with Gasteiger partial charge in [-0.2, -0.15) is 0 Å². The Hall–Kier alpha value is -1.39. The number of hydrogen-bond acceptors (Lipinski definition) is 2. The van der Waals surface area contributed by atoms with Gasteiger partial charge in [0.1, 0.15) is 5.75 Å². The number of rotatable bonds is 3. The van der Waals surface area contributed by atoms with Crippen LogP contribution in [0.3, 0.4) is 0 Å². The number of aryl methyl sites for hydroxylation is 1. The van der Waals surface area contributed by atoms with Crippen LogP contribution in [-0.4, -0.2) is 6.36 Å². The third-order valence-electron chi connectivity index (χ3n) is 1.76. The maximum absolute atomic E-state index is 11.9. The Morgan fingerprint density at radius 2 is 1.93 bits per heavy atom. The van der Waals surface area contributed by atoms with E-state index in [2.05, 4.69) is 4.74 Å². The predicted molar refractivity (Wildman–Crippen MR) is 51.5 cm³/mol. The molecule has 2 nitrogen and oxygen atoms in total. The lowest BCUT2D eigenvalue weighted by molar-refractivity contribution is -0.274. The molecule has 0 heterocycles. The number of benzene rings is 1. The molecular formula is C10H12F3NO. The van der Waals surface area contributed by atoms with E-state index in [0.717, 1.165) is 18.1 Å². The molecule has 0 bridgehead atoms. The van der Waals surface area contributed by atoms with E-state index in [0.29, 0.717) is 6.42 Å². The van der Waals surface area contributed by atoms with Gasteiger partial charge in [-0.25, -0.2) is 0 Å². The van der Waals surface area contributed by atoms with Gasteiger partial charge in [-0.1, -0.05) is 13.3 Å². The van der Waals surface area contributed by atoms with E-state index in [1.54, 1.807) is 6.07 Å². The Kier molecular flexibility index (Phi) is 3.44. The molecule has 1 rings (SSSR count). The highest BCUT2D eigenvalue weighted by atomic mass is 19.4. The van der Waals surface area contributed by atoms with Gasteiger partial charge in [-0.15, -0.1) is 13.2 Å². The van der Waals surface area contributed by atoms with Gasteiger partial charge >= 0.3 is 6.36 Å². The number of alkyl halides is 3. The first-order valence-electron chi connectivity index (χ1n) is 4.56. The van der Waals surface area contributed by atoms with Crippen LogP contribution in [0.4, 0.5) is 18.9 Å². The summed E-state index contributed by atoms with van der Waals surface area (Å²) >= 11 is 0. The molecule has 0 aliphatic heterocycles. The van der Waals surface area contributed by atoms with Gasteiger partial charge in [-0.3, -0.25) is 0 Å². The maximum Gasteiger partial charge on any atom is 0.573 e. The van der Waals surface area contributed by atoms with Crippen molar-refractivity contribution in [2.24, 2.45) is 0 Å². The number of ether oxygens (including phenoxy) is 1. The summed E-state index contributed by atoms with van der Waals surface area (Å²) in [5, 5.41) is 0. The molecule has 0 aliphatic carbocycles. The predicted octanol–water partition coefficient (Wildman–Crippen LogP) is 3.12. The molecule has 84 valence electrons. The molecule has 0 spiro atoms. The van der Waals surface area contributed by atoms with Crippen molar-refractivity contribution in [3.8, 4) is 5.75 Å². The van der Waals surface area contributed by atoms with Crippen LogP contribution in [0.5, 0.6) is 5.75 Å². The molecule has 0 fully saturated rings. The SMILES string of the molecule is CCCc1cc(N)cc(OC(F)(F)F)c1. The zero-order valence-corrected chi connectivity index (χ0v) is 8.27. The van der Waals surface area contributed by atoms with Crippen LogP contribution in [-0.2, 0) is 6.42 Å². The molecule has 0 atom stereocenters. The van der Waals surface area contributed by atoms with E-state index >= 15 is 0 Å². The first-order valence-corrected chi connectivity index (χ1v) is 4.56. The Labute approximate surface area is 85.8 Å². The maximum atomic E-state index is 11.9. The molecule has 0 aliphatic rings. The minimum absolute atomic E-state index is 0.258. The fraction of sp³-hybridized carbons (Fsp3) is 0.400. The summed E-state index contributed by atoms with van der Waals surface area (Å²) in [6.45, 7) is 1.94. The van der Waals surface area contributed by atoms with Crippen LogP contribution in [0.25, 0.3) is 0 Å². The Morgan fingerprint density at radius 3 is 2.47 bits per heavy atom. The van der Waals surface area contributed by atoms with Crippen molar-refractivity contribution in [2.45, 2.75) is 26.1 Å². The van der Waals surface area contributed by atoms with Gasteiger partial charge in [0.25, 0.3) is 0 Å². The molecule has 15 heavy (non-hydrogen) atoms. The van der Waals surface area contributed by atoms with Crippen LogP contribution in [0.15, 0.2) is 18.2 Å². The van der Waals surface area contributed by atoms with Crippen LogP contribution >= 0.6 is 0 Å². The highest BCUT2D eigenvalue weighted by Gasteiger charge is 2.31. The first kappa shape index (κ1) is 11.7. The second kappa shape index (κ2) is 4.42. The molecule has 0 saturated heterocycles. The van der Waals surface area contributed by atoms with Gasteiger partial charge in [0.05, 0.1) is 0 Å². The van der Waals surface area contributed by atoms with Crippen molar-refractivity contribution in [1.29, 1.82) is 0 Å². The van der Waals surface area contributed by atoms with Crippen molar-refractivity contribution in [3.05, 3.63) is 23.8 Å². The average Bonchev–Trinajstić information content (AvgIpc) is 1.99.